The molecule has 0 aliphatic heterocycles. The SMILES string of the molecule is CCNC(=NCc1nc(C(F)(F)F)cs1)NCC1(C)CCCC1.I. The Morgan fingerprint density at radius 3 is 2.54 bits per heavy atom. The topological polar surface area (TPSA) is 49.3 Å². The Bertz CT molecular complexity index is 539. The number of thiazole rings is 1. The van der Waals surface area contributed by atoms with E-state index in [1.165, 1.54) is 25.7 Å². The van der Waals surface area contributed by atoms with Gasteiger partial charge in [-0.1, -0.05) is 19.8 Å². The van der Waals surface area contributed by atoms with E-state index in [4.69, 9.17) is 0 Å². The maximum absolute atomic E-state index is 12.5. The molecule has 1 heterocycles. The van der Waals surface area contributed by atoms with Crippen molar-refractivity contribution in [3.63, 3.8) is 0 Å². The van der Waals surface area contributed by atoms with Gasteiger partial charge in [0.15, 0.2) is 11.7 Å². The van der Waals surface area contributed by atoms with Crippen LogP contribution in [0.2, 0.25) is 0 Å². The van der Waals surface area contributed by atoms with Crippen LogP contribution in [0.3, 0.4) is 0 Å². The second kappa shape index (κ2) is 9.21. The molecule has 0 unspecified atom stereocenters. The summed E-state index contributed by atoms with van der Waals surface area (Å²) in [6.45, 7) is 5.89. The van der Waals surface area contributed by atoms with E-state index >= 15 is 0 Å². The van der Waals surface area contributed by atoms with Crippen molar-refractivity contribution in [3.8, 4) is 0 Å². The molecule has 0 spiro atoms. The molecule has 1 aromatic heterocycles. The van der Waals surface area contributed by atoms with E-state index in [9.17, 15) is 13.2 Å². The van der Waals surface area contributed by atoms with Crippen molar-refractivity contribution in [3.05, 3.63) is 16.1 Å². The molecule has 0 amide bonds. The standard InChI is InChI=1S/C15H23F3N4S.HI/c1-3-19-13(21-10-14(2)6-4-5-7-14)20-8-12-22-11(9-23-12)15(16,17)18;/h9H,3-8,10H2,1-2H3,(H2,19,20,21);1H. The Kier molecular flexibility index (Phi) is 8.24. The second-order valence-electron chi connectivity index (χ2n) is 6.19. The van der Waals surface area contributed by atoms with Gasteiger partial charge < -0.3 is 10.6 Å². The molecule has 138 valence electrons. The predicted octanol–water partition coefficient (Wildman–Crippen LogP) is 4.42. The average Bonchev–Trinajstić information content (AvgIpc) is 3.11. The Morgan fingerprint density at radius 2 is 2.00 bits per heavy atom. The third kappa shape index (κ3) is 6.38. The summed E-state index contributed by atoms with van der Waals surface area (Å²) in [5, 5.41) is 7.82. The molecule has 1 aliphatic carbocycles. The number of halogens is 4. The first-order valence-corrected chi connectivity index (χ1v) is 8.74. The molecule has 1 fully saturated rings. The highest BCUT2D eigenvalue weighted by Crippen LogP contribution is 2.36. The van der Waals surface area contributed by atoms with Crippen LogP contribution >= 0.6 is 35.3 Å². The van der Waals surface area contributed by atoms with Crippen LogP contribution in [0.15, 0.2) is 10.4 Å². The second-order valence-corrected chi connectivity index (χ2v) is 7.13. The first-order valence-electron chi connectivity index (χ1n) is 7.86. The van der Waals surface area contributed by atoms with Crippen LogP contribution in [0.25, 0.3) is 0 Å². The van der Waals surface area contributed by atoms with E-state index in [2.05, 4.69) is 27.5 Å². The van der Waals surface area contributed by atoms with Gasteiger partial charge in [0.25, 0.3) is 0 Å². The van der Waals surface area contributed by atoms with Gasteiger partial charge in [-0.25, -0.2) is 9.98 Å². The van der Waals surface area contributed by atoms with E-state index in [1.807, 2.05) is 6.92 Å². The highest BCUT2D eigenvalue weighted by Gasteiger charge is 2.33. The van der Waals surface area contributed by atoms with Crippen molar-refractivity contribution in [1.29, 1.82) is 0 Å². The third-order valence-electron chi connectivity index (χ3n) is 4.05. The average molecular weight is 476 g/mol. The summed E-state index contributed by atoms with van der Waals surface area (Å²) >= 11 is 0.985. The smallest absolute Gasteiger partial charge is 0.357 e. The minimum Gasteiger partial charge on any atom is -0.357 e. The molecule has 1 aromatic rings. The molecule has 4 nitrogen and oxygen atoms in total. The number of nitrogens with zero attached hydrogens (tertiary/aromatic N) is 2. The Morgan fingerprint density at radius 1 is 1.33 bits per heavy atom. The maximum Gasteiger partial charge on any atom is 0.434 e. The van der Waals surface area contributed by atoms with Gasteiger partial charge in [-0.05, 0) is 25.2 Å². The molecule has 1 aliphatic rings. The molecule has 0 aromatic carbocycles. The van der Waals surface area contributed by atoms with Crippen LogP contribution in [-0.2, 0) is 12.7 Å². The molecule has 0 saturated heterocycles. The van der Waals surface area contributed by atoms with Crippen LogP contribution in [0.5, 0.6) is 0 Å². The third-order valence-corrected chi connectivity index (χ3v) is 4.89. The van der Waals surface area contributed by atoms with Crippen molar-refractivity contribution in [2.24, 2.45) is 10.4 Å². The number of guanidine groups is 1. The number of aromatic nitrogens is 1. The lowest BCUT2D eigenvalue weighted by atomic mass is 9.89. The molecular weight excluding hydrogens is 452 g/mol. The lowest BCUT2D eigenvalue weighted by molar-refractivity contribution is -0.140. The number of rotatable bonds is 5. The van der Waals surface area contributed by atoms with Gasteiger partial charge in [0.1, 0.15) is 5.01 Å². The number of hydrogen-bond acceptors (Lipinski definition) is 3. The monoisotopic (exact) mass is 476 g/mol. The molecule has 0 bridgehead atoms. The normalized spacial score (nSPS) is 17.5. The summed E-state index contributed by atoms with van der Waals surface area (Å²) in [5.74, 6) is 0.629. The lowest BCUT2D eigenvalue weighted by Gasteiger charge is -2.25. The fraction of sp³-hybridized carbons (Fsp3) is 0.733. The summed E-state index contributed by atoms with van der Waals surface area (Å²) < 4.78 is 37.6. The summed E-state index contributed by atoms with van der Waals surface area (Å²) in [6.07, 6.45) is 0.510. The zero-order chi connectivity index (χ0) is 16.9. The van der Waals surface area contributed by atoms with E-state index < -0.39 is 11.9 Å². The quantitative estimate of drug-likeness (QED) is 0.376. The maximum atomic E-state index is 12.5. The van der Waals surface area contributed by atoms with E-state index in [-0.39, 0.29) is 35.9 Å². The molecule has 9 heteroatoms. The minimum atomic E-state index is -4.39. The Hall–Kier alpha value is -0.580. The van der Waals surface area contributed by atoms with Gasteiger partial charge in [0.2, 0.25) is 0 Å². The van der Waals surface area contributed by atoms with Gasteiger partial charge >= 0.3 is 6.18 Å². The van der Waals surface area contributed by atoms with Crippen LogP contribution in [0, 0.1) is 5.41 Å². The van der Waals surface area contributed by atoms with Crippen molar-refractivity contribution in [2.75, 3.05) is 13.1 Å². The fourth-order valence-electron chi connectivity index (χ4n) is 2.70. The molecule has 2 rings (SSSR count). The molecule has 1 saturated carbocycles. The van der Waals surface area contributed by atoms with Gasteiger partial charge in [-0.3, -0.25) is 0 Å². The highest BCUT2D eigenvalue weighted by molar-refractivity contribution is 14.0. The fourth-order valence-corrected chi connectivity index (χ4v) is 3.43. The number of nitrogens with one attached hydrogen (secondary N) is 2. The van der Waals surface area contributed by atoms with E-state index in [1.54, 1.807) is 0 Å². The number of alkyl halides is 3. The predicted molar refractivity (Wildman–Crippen MR) is 102 cm³/mol. The zero-order valence-corrected chi connectivity index (χ0v) is 17.0. The Balaban J connectivity index is 0.00000288. The molecule has 2 N–H and O–H groups in total. The van der Waals surface area contributed by atoms with Gasteiger partial charge in [-0.2, -0.15) is 13.2 Å². The first-order chi connectivity index (χ1) is 10.8. The van der Waals surface area contributed by atoms with Gasteiger partial charge in [0, 0.05) is 18.5 Å². The number of hydrogen-bond donors (Lipinski definition) is 2. The van der Waals surface area contributed by atoms with E-state index in [0.29, 0.717) is 17.5 Å². The highest BCUT2D eigenvalue weighted by atomic mass is 127. The van der Waals surface area contributed by atoms with E-state index in [0.717, 1.165) is 23.3 Å². The lowest BCUT2D eigenvalue weighted by Crippen LogP contribution is -2.42. The zero-order valence-electron chi connectivity index (χ0n) is 13.9. The van der Waals surface area contributed by atoms with Crippen molar-refractivity contribution < 1.29 is 13.2 Å². The summed E-state index contributed by atoms with van der Waals surface area (Å²) in [7, 11) is 0. The number of aliphatic imine (C=N–C) groups is 1. The largest absolute Gasteiger partial charge is 0.434 e. The summed E-state index contributed by atoms with van der Waals surface area (Å²) in [4.78, 5) is 7.94. The molecular formula is C15H24F3IN4S. The Labute approximate surface area is 161 Å². The first kappa shape index (κ1) is 21.5. The van der Waals surface area contributed by atoms with Crippen molar-refractivity contribution >= 4 is 41.3 Å². The molecule has 24 heavy (non-hydrogen) atoms. The van der Waals surface area contributed by atoms with Crippen LogP contribution < -0.4 is 10.6 Å². The van der Waals surface area contributed by atoms with Crippen molar-refractivity contribution in [1.82, 2.24) is 15.6 Å². The minimum absolute atomic E-state index is 0. The van der Waals surface area contributed by atoms with Crippen LogP contribution in [0.4, 0.5) is 13.2 Å². The molecule has 0 radical (unpaired) electrons. The summed E-state index contributed by atoms with van der Waals surface area (Å²) in [6, 6.07) is 0. The van der Waals surface area contributed by atoms with Crippen LogP contribution in [-0.4, -0.2) is 24.0 Å². The molecule has 0 atom stereocenters. The van der Waals surface area contributed by atoms with Gasteiger partial charge in [-0.15, -0.1) is 35.3 Å². The van der Waals surface area contributed by atoms with Crippen molar-refractivity contribution in [2.45, 2.75) is 52.3 Å². The van der Waals surface area contributed by atoms with Gasteiger partial charge in [0.05, 0.1) is 6.54 Å². The summed E-state index contributed by atoms with van der Waals surface area (Å²) in [5.41, 5.74) is -0.565. The van der Waals surface area contributed by atoms with Crippen LogP contribution in [0.1, 0.15) is 50.2 Å².